The van der Waals surface area contributed by atoms with Crippen LogP contribution in [0.2, 0.25) is 0 Å². The third kappa shape index (κ3) is 3.38. The smallest absolute Gasteiger partial charge is 0.326 e. The monoisotopic (exact) mass is 292 g/mol. The van der Waals surface area contributed by atoms with Gasteiger partial charge in [0, 0.05) is 31.1 Å². The SMILES string of the molecule is CC(=O)Nc1cccc(C(=O)N2C[C@H](O)C[C@@H]2C(=O)O)c1. The predicted octanol–water partition coefficient (Wildman–Crippen LogP) is 0.305. The number of carbonyl (C=O) groups is 3. The summed E-state index contributed by atoms with van der Waals surface area (Å²) in [6.07, 6.45) is -0.819. The van der Waals surface area contributed by atoms with Crippen LogP contribution in [0.1, 0.15) is 23.7 Å². The summed E-state index contributed by atoms with van der Waals surface area (Å²) in [6, 6.07) is 5.22. The van der Waals surface area contributed by atoms with Gasteiger partial charge in [0.15, 0.2) is 0 Å². The summed E-state index contributed by atoms with van der Waals surface area (Å²) in [5.41, 5.74) is 0.724. The summed E-state index contributed by atoms with van der Waals surface area (Å²) in [7, 11) is 0. The van der Waals surface area contributed by atoms with Crippen LogP contribution in [-0.2, 0) is 9.59 Å². The van der Waals surface area contributed by atoms with E-state index in [2.05, 4.69) is 5.32 Å². The molecule has 1 aromatic rings. The number of anilines is 1. The summed E-state index contributed by atoms with van der Waals surface area (Å²) < 4.78 is 0. The molecule has 2 amide bonds. The second-order valence-corrected chi connectivity index (χ2v) is 4.96. The highest BCUT2D eigenvalue weighted by Crippen LogP contribution is 2.22. The van der Waals surface area contributed by atoms with Gasteiger partial charge in [0.2, 0.25) is 5.91 Å². The van der Waals surface area contributed by atoms with Crippen LogP contribution in [0.15, 0.2) is 24.3 Å². The summed E-state index contributed by atoms with van der Waals surface area (Å²) in [4.78, 5) is 35.7. The number of likely N-dealkylation sites (tertiary alicyclic amines) is 1. The molecular weight excluding hydrogens is 276 g/mol. The van der Waals surface area contributed by atoms with Crippen LogP contribution in [0.25, 0.3) is 0 Å². The number of benzene rings is 1. The van der Waals surface area contributed by atoms with Gasteiger partial charge in [0.1, 0.15) is 6.04 Å². The number of nitrogens with one attached hydrogen (secondary N) is 1. The topological polar surface area (TPSA) is 107 Å². The van der Waals surface area contributed by atoms with Crippen LogP contribution in [0.5, 0.6) is 0 Å². The minimum Gasteiger partial charge on any atom is -0.480 e. The average Bonchev–Trinajstić information content (AvgIpc) is 2.80. The first-order valence-corrected chi connectivity index (χ1v) is 6.48. The number of aliphatic hydroxyl groups is 1. The van der Waals surface area contributed by atoms with Gasteiger partial charge in [-0.15, -0.1) is 0 Å². The minimum atomic E-state index is -1.14. The number of β-amino-alcohol motifs (C(OH)–C–C–N with tert-alkyl or cyclic N) is 1. The number of rotatable bonds is 3. The van der Waals surface area contributed by atoms with E-state index in [1.54, 1.807) is 12.1 Å². The lowest BCUT2D eigenvalue weighted by Gasteiger charge is -2.21. The van der Waals surface area contributed by atoms with Crippen molar-refractivity contribution in [3.8, 4) is 0 Å². The van der Waals surface area contributed by atoms with Crippen LogP contribution in [0.4, 0.5) is 5.69 Å². The number of hydrogen-bond acceptors (Lipinski definition) is 4. The van der Waals surface area contributed by atoms with Gasteiger partial charge in [-0.1, -0.05) is 6.07 Å². The number of carboxylic acids is 1. The number of carboxylic acid groups (broad SMARTS) is 1. The number of nitrogens with zero attached hydrogens (tertiary/aromatic N) is 1. The molecule has 3 N–H and O–H groups in total. The summed E-state index contributed by atoms with van der Waals surface area (Å²) in [5, 5.41) is 21.2. The number of amides is 2. The Morgan fingerprint density at radius 2 is 2.05 bits per heavy atom. The quantitative estimate of drug-likeness (QED) is 0.743. The first-order valence-electron chi connectivity index (χ1n) is 6.48. The maximum atomic E-state index is 12.4. The van der Waals surface area contributed by atoms with E-state index in [9.17, 15) is 19.5 Å². The van der Waals surface area contributed by atoms with Gasteiger partial charge in [-0.2, -0.15) is 0 Å². The second-order valence-electron chi connectivity index (χ2n) is 4.96. The Kier molecular flexibility index (Phi) is 4.23. The molecule has 0 bridgehead atoms. The molecule has 0 aliphatic carbocycles. The van der Waals surface area contributed by atoms with E-state index in [0.29, 0.717) is 5.69 Å². The standard InChI is InChI=1S/C14H16N2O5/c1-8(17)15-10-4-2-3-9(5-10)13(19)16-7-11(18)6-12(16)14(20)21/h2-5,11-12,18H,6-7H2,1H3,(H,15,17)(H,20,21)/t11-,12-/m1/s1. The fraction of sp³-hybridized carbons (Fsp3) is 0.357. The normalized spacial score (nSPS) is 21.1. The average molecular weight is 292 g/mol. The maximum Gasteiger partial charge on any atom is 0.326 e. The van der Waals surface area contributed by atoms with E-state index < -0.39 is 24.0 Å². The molecule has 0 saturated carbocycles. The van der Waals surface area contributed by atoms with Crippen molar-refractivity contribution in [2.45, 2.75) is 25.5 Å². The zero-order valence-electron chi connectivity index (χ0n) is 11.4. The lowest BCUT2D eigenvalue weighted by molar-refractivity contribution is -0.141. The van der Waals surface area contributed by atoms with E-state index in [1.807, 2.05) is 0 Å². The molecule has 0 aromatic heterocycles. The molecule has 1 aliphatic heterocycles. The molecule has 2 atom stereocenters. The molecule has 112 valence electrons. The Balaban J connectivity index is 2.23. The Bertz CT molecular complexity index is 586. The van der Waals surface area contributed by atoms with Gasteiger partial charge >= 0.3 is 5.97 Å². The molecule has 7 heteroatoms. The van der Waals surface area contributed by atoms with Crippen molar-refractivity contribution in [3.63, 3.8) is 0 Å². The molecule has 1 heterocycles. The highest BCUT2D eigenvalue weighted by molar-refractivity contribution is 5.98. The van der Waals surface area contributed by atoms with Gasteiger partial charge < -0.3 is 20.4 Å². The summed E-state index contributed by atoms with van der Waals surface area (Å²) in [5.74, 6) is -1.89. The number of aliphatic carboxylic acids is 1. The van der Waals surface area contributed by atoms with Gasteiger partial charge in [0.05, 0.1) is 6.10 Å². The molecule has 0 spiro atoms. The van der Waals surface area contributed by atoms with E-state index in [0.717, 1.165) is 4.90 Å². The molecule has 7 nitrogen and oxygen atoms in total. The molecule has 0 radical (unpaired) electrons. The number of carbonyl (C=O) groups excluding carboxylic acids is 2. The predicted molar refractivity (Wildman–Crippen MR) is 73.8 cm³/mol. The molecular formula is C14H16N2O5. The molecule has 21 heavy (non-hydrogen) atoms. The Morgan fingerprint density at radius 1 is 1.33 bits per heavy atom. The lowest BCUT2D eigenvalue weighted by Crippen LogP contribution is -2.40. The van der Waals surface area contributed by atoms with Crippen molar-refractivity contribution in [1.29, 1.82) is 0 Å². The fourth-order valence-corrected chi connectivity index (χ4v) is 2.37. The van der Waals surface area contributed by atoms with Crippen molar-refractivity contribution in [2.24, 2.45) is 0 Å². The van der Waals surface area contributed by atoms with Crippen LogP contribution in [0.3, 0.4) is 0 Å². The van der Waals surface area contributed by atoms with Crippen molar-refractivity contribution in [2.75, 3.05) is 11.9 Å². The van der Waals surface area contributed by atoms with Crippen molar-refractivity contribution in [1.82, 2.24) is 4.90 Å². The number of hydrogen-bond donors (Lipinski definition) is 3. The first kappa shape index (κ1) is 15.0. The van der Waals surface area contributed by atoms with E-state index in [4.69, 9.17) is 5.11 Å². The zero-order valence-corrected chi connectivity index (χ0v) is 11.4. The third-order valence-corrected chi connectivity index (χ3v) is 3.25. The van der Waals surface area contributed by atoms with Gasteiger partial charge in [-0.3, -0.25) is 9.59 Å². The molecule has 0 unspecified atom stereocenters. The van der Waals surface area contributed by atoms with Crippen molar-refractivity contribution < 1.29 is 24.6 Å². The van der Waals surface area contributed by atoms with Crippen LogP contribution in [0, 0.1) is 0 Å². The van der Waals surface area contributed by atoms with Gasteiger partial charge in [-0.05, 0) is 18.2 Å². The lowest BCUT2D eigenvalue weighted by atomic mass is 10.1. The molecule has 1 fully saturated rings. The van der Waals surface area contributed by atoms with E-state index in [-0.39, 0.29) is 24.4 Å². The molecule has 1 aliphatic rings. The van der Waals surface area contributed by atoms with Gasteiger partial charge in [-0.25, -0.2) is 4.79 Å². The number of aliphatic hydroxyl groups excluding tert-OH is 1. The summed E-state index contributed by atoms with van der Waals surface area (Å²) >= 11 is 0. The van der Waals surface area contributed by atoms with E-state index >= 15 is 0 Å². The molecule has 1 aromatic carbocycles. The zero-order chi connectivity index (χ0) is 15.6. The second kappa shape index (κ2) is 5.92. The Hall–Kier alpha value is -2.41. The summed E-state index contributed by atoms with van der Waals surface area (Å²) in [6.45, 7) is 1.34. The largest absolute Gasteiger partial charge is 0.480 e. The van der Waals surface area contributed by atoms with Crippen molar-refractivity contribution >= 4 is 23.5 Å². The highest BCUT2D eigenvalue weighted by Gasteiger charge is 2.39. The maximum absolute atomic E-state index is 12.4. The third-order valence-electron chi connectivity index (χ3n) is 3.25. The van der Waals surface area contributed by atoms with Crippen LogP contribution < -0.4 is 5.32 Å². The molecule has 2 rings (SSSR count). The highest BCUT2D eigenvalue weighted by atomic mass is 16.4. The van der Waals surface area contributed by atoms with E-state index in [1.165, 1.54) is 19.1 Å². The van der Waals surface area contributed by atoms with Gasteiger partial charge in [0.25, 0.3) is 5.91 Å². The first-order chi connectivity index (χ1) is 9.88. The minimum absolute atomic E-state index is 0.0137. The Labute approximate surface area is 121 Å². The van der Waals surface area contributed by atoms with Crippen molar-refractivity contribution in [3.05, 3.63) is 29.8 Å². The van der Waals surface area contributed by atoms with Crippen LogP contribution in [-0.4, -0.2) is 51.6 Å². The fourth-order valence-electron chi connectivity index (χ4n) is 2.37. The van der Waals surface area contributed by atoms with Crippen LogP contribution >= 0.6 is 0 Å². The Morgan fingerprint density at radius 3 is 2.67 bits per heavy atom. The molecule has 1 saturated heterocycles.